The SMILES string of the molecule is COC(=O)c1ccc(C)c(-c2cc(OCc3cccc(OC)c3)nc(C)n2)c1. The van der Waals surface area contributed by atoms with Crippen molar-refractivity contribution in [2.45, 2.75) is 20.5 Å². The number of ether oxygens (including phenoxy) is 3. The van der Waals surface area contributed by atoms with Crippen molar-refractivity contribution in [1.82, 2.24) is 9.97 Å². The molecule has 0 amide bonds. The smallest absolute Gasteiger partial charge is 0.337 e. The van der Waals surface area contributed by atoms with Gasteiger partial charge in [-0.05, 0) is 49.2 Å². The molecule has 0 aliphatic rings. The molecule has 0 N–H and O–H groups in total. The van der Waals surface area contributed by atoms with Crippen molar-refractivity contribution >= 4 is 5.97 Å². The highest BCUT2D eigenvalue weighted by molar-refractivity contribution is 5.91. The van der Waals surface area contributed by atoms with Crippen molar-refractivity contribution in [3.63, 3.8) is 0 Å². The third-order valence-corrected chi connectivity index (χ3v) is 4.27. The topological polar surface area (TPSA) is 70.5 Å². The molecule has 144 valence electrons. The van der Waals surface area contributed by atoms with E-state index in [1.165, 1.54) is 7.11 Å². The van der Waals surface area contributed by atoms with E-state index in [-0.39, 0.29) is 5.97 Å². The van der Waals surface area contributed by atoms with Gasteiger partial charge in [-0.15, -0.1) is 0 Å². The summed E-state index contributed by atoms with van der Waals surface area (Å²) in [6.45, 7) is 4.13. The van der Waals surface area contributed by atoms with Crippen molar-refractivity contribution in [2.24, 2.45) is 0 Å². The number of benzene rings is 2. The number of nitrogens with zero attached hydrogens (tertiary/aromatic N) is 2. The summed E-state index contributed by atoms with van der Waals surface area (Å²) >= 11 is 0. The molecule has 3 aromatic rings. The lowest BCUT2D eigenvalue weighted by Crippen LogP contribution is -2.03. The van der Waals surface area contributed by atoms with Crippen LogP contribution in [0.2, 0.25) is 0 Å². The summed E-state index contributed by atoms with van der Waals surface area (Å²) in [7, 11) is 2.99. The van der Waals surface area contributed by atoms with E-state index < -0.39 is 0 Å². The van der Waals surface area contributed by atoms with Crippen LogP contribution in [0.5, 0.6) is 11.6 Å². The van der Waals surface area contributed by atoms with Gasteiger partial charge in [0.25, 0.3) is 0 Å². The van der Waals surface area contributed by atoms with E-state index in [1.54, 1.807) is 32.2 Å². The van der Waals surface area contributed by atoms with Gasteiger partial charge in [0, 0.05) is 11.6 Å². The predicted octanol–water partition coefficient (Wildman–Crippen LogP) is 4.13. The molecule has 3 rings (SSSR count). The van der Waals surface area contributed by atoms with Crippen LogP contribution in [0.4, 0.5) is 0 Å². The molecule has 0 aliphatic heterocycles. The van der Waals surface area contributed by atoms with Crippen LogP contribution in [0.1, 0.15) is 27.3 Å². The van der Waals surface area contributed by atoms with E-state index in [0.717, 1.165) is 22.4 Å². The normalized spacial score (nSPS) is 10.4. The predicted molar refractivity (Wildman–Crippen MR) is 106 cm³/mol. The zero-order chi connectivity index (χ0) is 20.1. The zero-order valence-electron chi connectivity index (χ0n) is 16.4. The summed E-state index contributed by atoms with van der Waals surface area (Å²) in [6, 6.07) is 14.8. The molecule has 0 bridgehead atoms. The maximum absolute atomic E-state index is 11.9. The number of rotatable bonds is 6. The van der Waals surface area contributed by atoms with Gasteiger partial charge in [-0.2, -0.15) is 4.98 Å². The second-order valence-corrected chi connectivity index (χ2v) is 6.30. The van der Waals surface area contributed by atoms with E-state index >= 15 is 0 Å². The minimum atomic E-state index is -0.387. The standard InChI is InChI=1S/C22H22N2O4/c1-14-8-9-17(22(25)27-4)11-19(14)20-12-21(24-15(2)23-20)28-13-16-6-5-7-18(10-16)26-3/h5-12H,13H2,1-4H3. The number of hydrogen-bond donors (Lipinski definition) is 0. The van der Waals surface area contributed by atoms with Gasteiger partial charge in [-0.3, -0.25) is 0 Å². The molecule has 0 radical (unpaired) electrons. The molecule has 1 heterocycles. The number of carbonyl (C=O) groups excluding carboxylic acids is 1. The third-order valence-electron chi connectivity index (χ3n) is 4.27. The molecule has 0 aliphatic carbocycles. The van der Waals surface area contributed by atoms with Crippen molar-refractivity contribution in [1.29, 1.82) is 0 Å². The van der Waals surface area contributed by atoms with Crippen LogP contribution >= 0.6 is 0 Å². The highest BCUT2D eigenvalue weighted by atomic mass is 16.5. The highest BCUT2D eigenvalue weighted by Crippen LogP contribution is 2.26. The summed E-state index contributed by atoms with van der Waals surface area (Å²) in [6.07, 6.45) is 0. The molecule has 0 unspecified atom stereocenters. The first kappa shape index (κ1) is 19.4. The molecule has 0 saturated heterocycles. The Morgan fingerprint density at radius 3 is 2.57 bits per heavy atom. The number of carbonyl (C=O) groups is 1. The summed E-state index contributed by atoms with van der Waals surface area (Å²) in [4.78, 5) is 20.7. The molecule has 1 aromatic heterocycles. The molecule has 28 heavy (non-hydrogen) atoms. The minimum absolute atomic E-state index is 0.355. The van der Waals surface area contributed by atoms with Crippen molar-refractivity contribution in [2.75, 3.05) is 14.2 Å². The number of esters is 1. The summed E-state index contributed by atoms with van der Waals surface area (Å²) in [5.74, 6) is 1.44. The van der Waals surface area contributed by atoms with Crippen LogP contribution in [0, 0.1) is 13.8 Å². The quantitative estimate of drug-likeness (QED) is 0.601. The van der Waals surface area contributed by atoms with Crippen LogP contribution in [-0.4, -0.2) is 30.2 Å². The molecule has 2 aromatic carbocycles. The Balaban J connectivity index is 1.88. The largest absolute Gasteiger partial charge is 0.497 e. The van der Waals surface area contributed by atoms with Gasteiger partial charge in [-0.25, -0.2) is 9.78 Å². The molecular weight excluding hydrogens is 356 g/mol. The van der Waals surface area contributed by atoms with E-state index in [4.69, 9.17) is 14.2 Å². The van der Waals surface area contributed by atoms with E-state index in [1.807, 2.05) is 37.3 Å². The Labute approximate surface area is 164 Å². The second-order valence-electron chi connectivity index (χ2n) is 6.30. The highest BCUT2D eigenvalue weighted by Gasteiger charge is 2.12. The Morgan fingerprint density at radius 1 is 1.00 bits per heavy atom. The Bertz CT molecular complexity index is 1000. The summed E-state index contributed by atoms with van der Waals surface area (Å²) in [5, 5.41) is 0. The lowest BCUT2D eigenvalue weighted by Gasteiger charge is -2.11. The first-order valence-electron chi connectivity index (χ1n) is 8.81. The molecule has 0 atom stereocenters. The van der Waals surface area contributed by atoms with Crippen LogP contribution in [0.3, 0.4) is 0 Å². The van der Waals surface area contributed by atoms with Crippen LogP contribution in [0.15, 0.2) is 48.5 Å². The van der Waals surface area contributed by atoms with Gasteiger partial charge in [0.05, 0.1) is 25.5 Å². The molecule has 0 spiro atoms. The fraction of sp³-hybridized carbons (Fsp3) is 0.227. The lowest BCUT2D eigenvalue weighted by atomic mass is 10.0. The molecular formula is C22H22N2O4. The average Bonchev–Trinajstić information content (AvgIpc) is 2.71. The molecule has 6 nitrogen and oxygen atoms in total. The third kappa shape index (κ3) is 4.46. The van der Waals surface area contributed by atoms with Gasteiger partial charge in [0.15, 0.2) is 0 Å². The first-order chi connectivity index (χ1) is 13.5. The summed E-state index contributed by atoms with van der Waals surface area (Å²) < 4.78 is 15.9. The Morgan fingerprint density at radius 2 is 1.82 bits per heavy atom. The fourth-order valence-corrected chi connectivity index (χ4v) is 2.81. The van der Waals surface area contributed by atoms with Gasteiger partial charge in [-0.1, -0.05) is 18.2 Å². The Hall–Kier alpha value is -3.41. The van der Waals surface area contributed by atoms with E-state index in [0.29, 0.717) is 29.6 Å². The lowest BCUT2D eigenvalue weighted by molar-refractivity contribution is 0.0601. The minimum Gasteiger partial charge on any atom is -0.497 e. The summed E-state index contributed by atoms with van der Waals surface area (Å²) in [5.41, 5.74) is 3.96. The van der Waals surface area contributed by atoms with Gasteiger partial charge in [0.1, 0.15) is 18.2 Å². The average molecular weight is 378 g/mol. The monoisotopic (exact) mass is 378 g/mol. The fourth-order valence-electron chi connectivity index (χ4n) is 2.81. The van der Waals surface area contributed by atoms with Crippen molar-refractivity contribution in [3.05, 3.63) is 71.0 Å². The van der Waals surface area contributed by atoms with E-state index in [2.05, 4.69) is 9.97 Å². The van der Waals surface area contributed by atoms with Gasteiger partial charge < -0.3 is 14.2 Å². The van der Waals surface area contributed by atoms with Crippen LogP contribution in [0.25, 0.3) is 11.3 Å². The van der Waals surface area contributed by atoms with Crippen molar-refractivity contribution in [3.8, 4) is 22.9 Å². The first-order valence-corrected chi connectivity index (χ1v) is 8.81. The number of hydrogen-bond acceptors (Lipinski definition) is 6. The maximum atomic E-state index is 11.9. The molecule has 0 saturated carbocycles. The van der Waals surface area contributed by atoms with Crippen LogP contribution in [-0.2, 0) is 11.3 Å². The van der Waals surface area contributed by atoms with Gasteiger partial charge in [0.2, 0.25) is 5.88 Å². The van der Waals surface area contributed by atoms with Crippen LogP contribution < -0.4 is 9.47 Å². The second kappa shape index (κ2) is 8.52. The van der Waals surface area contributed by atoms with Crippen molar-refractivity contribution < 1.29 is 19.0 Å². The van der Waals surface area contributed by atoms with Gasteiger partial charge >= 0.3 is 5.97 Å². The zero-order valence-corrected chi connectivity index (χ0v) is 16.4. The number of methoxy groups -OCH3 is 2. The Kier molecular flexibility index (Phi) is 5.89. The molecule has 6 heteroatoms. The maximum Gasteiger partial charge on any atom is 0.337 e. The molecule has 0 fully saturated rings. The number of aryl methyl sites for hydroxylation is 2. The number of aromatic nitrogens is 2. The van der Waals surface area contributed by atoms with E-state index in [9.17, 15) is 4.79 Å².